The zero-order valence-electron chi connectivity index (χ0n) is 16.1. The van der Waals surface area contributed by atoms with E-state index in [-0.39, 0.29) is 23.7 Å². The number of aliphatic carboxylic acids is 1. The molecule has 0 spiro atoms. The van der Waals surface area contributed by atoms with Crippen molar-refractivity contribution in [3.8, 4) is 0 Å². The van der Waals surface area contributed by atoms with Gasteiger partial charge in [-0.2, -0.15) is 0 Å². The van der Waals surface area contributed by atoms with Crippen LogP contribution in [0.4, 0.5) is 5.69 Å². The third-order valence-electron chi connectivity index (χ3n) is 6.85. The van der Waals surface area contributed by atoms with Crippen LogP contribution in [0.25, 0.3) is 0 Å². The third kappa shape index (κ3) is 3.64. The van der Waals surface area contributed by atoms with Crippen LogP contribution in [0.3, 0.4) is 0 Å². The maximum absolute atomic E-state index is 12.9. The predicted molar refractivity (Wildman–Crippen MR) is 105 cm³/mol. The number of likely N-dealkylation sites (tertiary alicyclic amines) is 1. The molecule has 1 aliphatic heterocycles. The molecule has 28 heavy (non-hydrogen) atoms. The van der Waals surface area contributed by atoms with Crippen molar-refractivity contribution in [1.29, 1.82) is 0 Å². The number of carbonyl (C=O) groups is 3. The maximum atomic E-state index is 12.9. The van der Waals surface area contributed by atoms with Gasteiger partial charge in [0.05, 0.1) is 11.8 Å². The molecular weight excluding hydrogens is 356 g/mol. The number of nitrogens with zero attached hydrogens (tertiary/aromatic N) is 1. The van der Waals surface area contributed by atoms with Gasteiger partial charge in [0.15, 0.2) is 0 Å². The van der Waals surface area contributed by atoms with Gasteiger partial charge in [-0.15, -0.1) is 0 Å². The SMILES string of the molecule is O=C(Nc1ccc(C(=O)N2CCCCC2)cc1)[C@@H]1C2CCC(CC2)[C@@H]1C(=O)O. The largest absolute Gasteiger partial charge is 0.481 e. The highest BCUT2D eigenvalue weighted by atomic mass is 16.4. The van der Waals surface area contributed by atoms with Gasteiger partial charge in [-0.05, 0) is 81.0 Å². The Hall–Kier alpha value is -2.37. The van der Waals surface area contributed by atoms with E-state index in [4.69, 9.17) is 0 Å². The first-order valence-corrected chi connectivity index (χ1v) is 10.5. The minimum absolute atomic E-state index is 0.0353. The molecule has 2 N–H and O–H groups in total. The van der Waals surface area contributed by atoms with Crippen LogP contribution in [0.15, 0.2) is 24.3 Å². The Morgan fingerprint density at radius 1 is 0.857 bits per heavy atom. The molecule has 0 unspecified atom stereocenters. The average molecular weight is 384 g/mol. The Balaban J connectivity index is 1.43. The lowest BCUT2D eigenvalue weighted by Gasteiger charge is -2.45. The molecule has 1 aromatic rings. The van der Waals surface area contributed by atoms with Crippen molar-refractivity contribution in [2.24, 2.45) is 23.7 Å². The normalized spacial score (nSPS) is 29.4. The van der Waals surface area contributed by atoms with Crippen LogP contribution in [-0.2, 0) is 9.59 Å². The molecule has 1 aromatic carbocycles. The number of piperidine rings is 1. The number of hydrogen-bond acceptors (Lipinski definition) is 3. The molecule has 2 amide bonds. The van der Waals surface area contributed by atoms with Crippen molar-refractivity contribution in [2.45, 2.75) is 44.9 Å². The molecule has 2 bridgehead atoms. The summed E-state index contributed by atoms with van der Waals surface area (Å²) in [4.78, 5) is 39.1. The topological polar surface area (TPSA) is 86.7 Å². The minimum Gasteiger partial charge on any atom is -0.481 e. The molecule has 0 aromatic heterocycles. The van der Waals surface area contributed by atoms with Gasteiger partial charge in [-0.25, -0.2) is 0 Å². The summed E-state index contributed by atoms with van der Waals surface area (Å²) in [5.41, 5.74) is 1.24. The van der Waals surface area contributed by atoms with E-state index in [0.29, 0.717) is 11.3 Å². The monoisotopic (exact) mass is 384 g/mol. The molecule has 0 radical (unpaired) electrons. The van der Waals surface area contributed by atoms with Crippen molar-refractivity contribution in [2.75, 3.05) is 18.4 Å². The molecule has 1 heterocycles. The van der Waals surface area contributed by atoms with Crippen LogP contribution in [0.1, 0.15) is 55.3 Å². The van der Waals surface area contributed by atoms with Crippen molar-refractivity contribution >= 4 is 23.5 Å². The van der Waals surface area contributed by atoms with E-state index >= 15 is 0 Å². The highest BCUT2D eigenvalue weighted by Gasteiger charge is 2.50. The number of carboxylic acid groups (broad SMARTS) is 1. The second-order valence-corrected chi connectivity index (χ2v) is 8.48. The summed E-state index contributed by atoms with van der Waals surface area (Å²) in [7, 11) is 0. The molecule has 3 aliphatic carbocycles. The van der Waals surface area contributed by atoms with E-state index in [9.17, 15) is 19.5 Å². The first kappa shape index (κ1) is 19.0. The molecule has 4 aliphatic rings. The standard InChI is InChI=1S/C22H28N2O4/c25-20(18-14-4-6-15(7-5-14)19(18)22(27)28)23-17-10-8-16(9-11-17)21(26)24-12-2-1-3-13-24/h8-11,14-15,18-19H,1-7,12-13H2,(H,23,25)(H,27,28)/t14?,15?,18-,19+/m1/s1. The number of rotatable bonds is 4. The first-order valence-electron chi connectivity index (χ1n) is 10.5. The van der Waals surface area contributed by atoms with Crippen LogP contribution in [0.5, 0.6) is 0 Å². The van der Waals surface area contributed by atoms with Crippen LogP contribution < -0.4 is 5.32 Å². The molecule has 3 saturated carbocycles. The lowest BCUT2D eigenvalue weighted by Crippen LogP contribution is -2.49. The summed E-state index contributed by atoms with van der Waals surface area (Å²) < 4.78 is 0. The molecule has 4 fully saturated rings. The van der Waals surface area contributed by atoms with Crippen molar-refractivity contribution in [1.82, 2.24) is 4.90 Å². The summed E-state index contributed by atoms with van der Waals surface area (Å²) in [5.74, 6) is -1.78. The molecule has 1 saturated heterocycles. The minimum atomic E-state index is -0.850. The lowest BCUT2D eigenvalue weighted by molar-refractivity contribution is -0.156. The van der Waals surface area contributed by atoms with E-state index in [1.807, 2.05) is 4.90 Å². The van der Waals surface area contributed by atoms with E-state index in [0.717, 1.165) is 51.6 Å². The Morgan fingerprint density at radius 2 is 1.43 bits per heavy atom. The fourth-order valence-corrected chi connectivity index (χ4v) is 5.38. The molecule has 6 heteroatoms. The van der Waals surface area contributed by atoms with E-state index in [1.54, 1.807) is 24.3 Å². The zero-order valence-corrected chi connectivity index (χ0v) is 16.1. The zero-order chi connectivity index (χ0) is 19.7. The van der Waals surface area contributed by atoms with Crippen molar-refractivity contribution in [3.63, 3.8) is 0 Å². The highest BCUT2D eigenvalue weighted by molar-refractivity contribution is 5.97. The van der Waals surface area contributed by atoms with Crippen LogP contribution in [0.2, 0.25) is 0 Å². The van der Waals surface area contributed by atoms with Crippen LogP contribution in [0, 0.1) is 23.7 Å². The average Bonchev–Trinajstić information content (AvgIpc) is 2.74. The van der Waals surface area contributed by atoms with Crippen LogP contribution in [-0.4, -0.2) is 40.9 Å². The Kier molecular flexibility index (Phi) is 5.38. The van der Waals surface area contributed by atoms with E-state index in [2.05, 4.69) is 5.32 Å². The van der Waals surface area contributed by atoms with E-state index < -0.39 is 17.8 Å². The molecule has 6 nitrogen and oxygen atoms in total. The Morgan fingerprint density at radius 3 is 2.00 bits per heavy atom. The summed E-state index contributed by atoms with van der Waals surface area (Å²) in [6, 6.07) is 6.97. The number of anilines is 1. The van der Waals surface area contributed by atoms with Crippen LogP contribution >= 0.6 is 0 Å². The summed E-state index contributed by atoms with van der Waals surface area (Å²) in [6.45, 7) is 1.61. The molecule has 2 atom stereocenters. The number of nitrogens with one attached hydrogen (secondary N) is 1. The second-order valence-electron chi connectivity index (χ2n) is 8.48. The number of benzene rings is 1. The van der Waals surface area contributed by atoms with Gasteiger partial charge in [-0.3, -0.25) is 14.4 Å². The smallest absolute Gasteiger partial charge is 0.307 e. The van der Waals surface area contributed by atoms with Gasteiger partial charge in [-0.1, -0.05) is 0 Å². The highest BCUT2D eigenvalue weighted by Crippen LogP contribution is 2.49. The number of carboxylic acids is 1. The van der Waals surface area contributed by atoms with Gasteiger partial charge in [0, 0.05) is 24.3 Å². The Bertz CT molecular complexity index is 746. The summed E-state index contributed by atoms with van der Waals surface area (Å²) in [6.07, 6.45) is 6.99. The predicted octanol–water partition coefficient (Wildman–Crippen LogP) is 3.39. The van der Waals surface area contributed by atoms with E-state index in [1.165, 1.54) is 6.42 Å². The third-order valence-corrected chi connectivity index (χ3v) is 6.85. The van der Waals surface area contributed by atoms with Gasteiger partial charge >= 0.3 is 5.97 Å². The fourth-order valence-electron chi connectivity index (χ4n) is 5.38. The quantitative estimate of drug-likeness (QED) is 0.833. The number of amides is 2. The van der Waals surface area contributed by atoms with Crippen molar-refractivity contribution < 1.29 is 19.5 Å². The fraction of sp³-hybridized carbons (Fsp3) is 0.591. The summed E-state index contributed by atoms with van der Waals surface area (Å²) >= 11 is 0. The summed E-state index contributed by atoms with van der Waals surface area (Å²) in [5, 5.41) is 12.5. The molecule has 5 rings (SSSR count). The lowest BCUT2D eigenvalue weighted by atomic mass is 9.58. The van der Waals surface area contributed by atoms with Gasteiger partial charge in [0.1, 0.15) is 0 Å². The number of fused-ring (bicyclic) bond motifs is 3. The number of carbonyl (C=O) groups excluding carboxylic acids is 2. The maximum Gasteiger partial charge on any atom is 0.307 e. The van der Waals surface area contributed by atoms with Gasteiger partial charge < -0.3 is 15.3 Å². The Labute approximate surface area is 165 Å². The molecular formula is C22H28N2O4. The molecule has 150 valence electrons. The van der Waals surface area contributed by atoms with Gasteiger partial charge in [0.25, 0.3) is 5.91 Å². The first-order chi connectivity index (χ1) is 13.5. The second kappa shape index (κ2) is 7.94. The van der Waals surface area contributed by atoms with Crippen molar-refractivity contribution in [3.05, 3.63) is 29.8 Å². The number of hydrogen-bond donors (Lipinski definition) is 2. The van der Waals surface area contributed by atoms with Gasteiger partial charge in [0.2, 0.25) is 5.91 Å².